The van der Waals surface area contributed by atoms with Crippen molar-refractivity contribution in [2.24, 2.45) is 4.99 Å². The molecule has 37 heavy (non-hydrogen) atoms. The van der Waals surface area contributed by atoms with Crippen molar-refractivity contribution < 1.29 is 12.8 Å². The van der Waals surface area contributed by atoms with Crippen LogP contribution in [0.2, 0.25) is 5.02 Å². The number of thiazole rings is 1. The number of nitrogens with one attached hydrogen (secondary N) is 1. The maximum Gasteiger partial charge on any atom is 0.214 e. The number of fused-ring (bicyclic) bond motifs is 1. The Morgan fingerprint density at radius 2 is 2.03 bits per heavy atom. The molecule has 2 aromatic heterocycles. The molecule has 4 heterocycles. The zero-order chi connectivity index (χ0) is 25.3. The van der Waals surface area contributed by atoms with E-state index in [1.165, 1.54) is 23.5 Å². The number of rotatable bonds is 7. The fourth-order valence-electron chi connectivity index (χ4n) is 5.20. The van der Waals surface area contributed by atoms with E-state index in [1.54, 1.807) is 12.3 Å². The fourth-order valence-corrected chi connectivity index (χ4v) is 7.68. The van der Waals surface area contributed by atoms with Crippen LogP contribution < -0.4 is 4.72 Å². The first-order valence-corrected chi connectivity index (χ1v) is 15.2. The van der Waals surface area contributed by atoms with Crippen LogP contribution in [0.25, 0.3) is 5.57 Å². The summed E-state index contributed by atoms with van der Waals surface area (Å²) in [5.41, 5.74) is 3.46. The van der Waals surface area contributed by atoms with E-state index in [9.17, 15) is 12.8 Å². The third-order valence-electron chi connectivity index (χ3n) is 7.27. The van der Waals surface area contributed by atoms with Gasteiger partial charge >= 0.3 is 0 Å². The summed E-state index contributed by atoms with van der Waals surface area (Å²) in [5.74, 6) is 0.253. The van der Waals surface area contributed by atoms with Crippen LogP contribution in [0.15, 0.2) is 52.9 Å². The van der Waals surface area contributed by atoms with Gasteiger partial charge in [-0.3, -0.25) is 9.67 Å². The van der Waals surface area contributed by atoms with Crippen molar-refractivity contribution in [2.75, 3.05) is 6.54 Å². The maximum atomic E-state index is 14.0. The average Bonchev–Trinajstić information content (AvgIpc) is 3.75. The molecule has 3 fully saturated rings. The minimum absolute atomic E-state index is 0.289. The molecule has 0 bridgehead atoms. The minimum atomic E-state index is -3.37. The quantitative estimate of drug-likeness (QED) is 0.460. The van der Waals surface area contributed by atoms with Crippen LogP contribution in [0.3, 0.4) is 0 Å². The van der Waals surface area contributed by atoms with Crippen molar-refractivity contribution in [3.63, 3.8) is 0 Å². The Morgan fingerprint density at radius 3 is 2.73 bits per heavy atom. The van der Waals surface area contributed by atoms with Crippen LogP contribution in [-0.4, -0.2) is 51.8 Å². The van der Waals surface area contributed by atoms with E-state index in [1.807, 2.05) is 22.5 Å². The largest absolute Gasteiger partial charge is 0.326 e. The normalized spacial score (nSPS) is 23.9. The van der Waals surface area contributed by atoms with Crippen molar-refractivity contribution in [2.45, 2.75) is 55.5 Å². The molecule has 7 rings (SSSR count). The molecular weight excluding hydrogens is 535 g/mol. The fraction of sp³-hybridized carbons (Fsp3) is 0.400. The summed E-state index contributed by atoms with van der Waals surface area (Å²) >= 11 is 8.05. The molecule has 0 unspecified atom stereocenters. The Bertz CT molecular complexity index is 1540. The molecule has 2 saturated carbocycles. The maximum absolute atomic E-state index is 14.0. The van der Waals surface area contributed by atoms with Crippen LogP contribution in [-0.2, 0) is 10.0 Å². The number of aliphatic imine (C=N–C) groups is 1. The van der Waals surface area contributed by atoms with Crippen molar-refractivity contribution in [3.8, 4) is 0 Å². The van der Waals surface area contributed by atoms with Crippen LogP contribution in [0.5, 0.6) is 0 Å². The lowest BCUT2D eigenvalue weighted by Gasteiger charge is -2.32. The Kier molecular flexibility index (Phi) is 5.54. The molecule has 4 aliphatic rings. The molecule has 0 spiro atoms. The number of nitrogens with zero attached hydrogens (tertiary/aromatic N) is 5. The molecule has 2 aliphatic heterocycles. The van der Waals surface area contributed by atoms with Gasteiger partial charge in [0.2, 0.25) is 10.0 Å². The first-order valence-electron chi connectivity index (χ1n) is 12.4. The van der Waals surface area contributed by atoms with Gasteiger partial charge in [0, 0.05) is 58.6 Å². The smallest absolute Gasteiger partial charge is 0.214 e. The highest BCUT2D eigenvalue weighted by molar-refractivity contribution is 7.90. The summed E-state index contributed by atoms with van der Waals surface area (Å²) in [6, 6.07) is 3.95. The van der Waals surface area contributed by atoms with E-state index in [4.69, 9.17) is 16.6 Å². The number of hydrogen-bond acceptors (Lipinski definition) is 7. The van der Waals surface area contributed by atoms with Gasteiger partial charge in [0.05, 0.1) is 17.5 Å². The molecule has 3 aromatic rings. The van der Waals surface area contributed by atoms with Crippen molar-refractivity contribution in [1.82, 2.24) is 24.4 Å². The van der Waals surface area contributed by atoms with Gasteiger partial charge in [-0.25, -0.2) is 22.5 Å². The highest BCUT2D eigenvalue weighted by atomic mass is 35.5. The molecule has 1 aromatic carbocycles. The molecule has 1 N–H and O–H groups in total. The van der Waals surface area contributed by atoms with Crippen molar-refractivity contribution in [1.29, 1.82) is 0 Å². The molecule has 0 amide bonds. The second-order valence-electron chi connectivity index (χ2n) is 10.0. The average molecular weight is 559 g/mol. The lowest BCUT2D eigenvalue weighted by atomic mass is 9.91. The van der Waals surface area contributed by atoms with Crippen LogP contribution in [0, 0.1) is 5.82 Å². The zero-order valence-corrected chi connectivity index (χ0v) is 22.1. The van der Waals surface area contributed by atoms with Gasteiger partial charge in [0.25, 0.3) is 0 Å². The summed E-state index contributed by atoms with van der Waals surface area (Å²) in [5, 5.41) is 7.23. The number of halogens is 2. The van der Waals surface area contributed by atoms with E-state index >= 15 is 0 Å². The van der Waals surface area contributed by atoms with Crippen molar-refractivity contribution in [3.05, 3.63) is 74.8 Å². The van der Waals surface area contributed by atoms with Gasteiger partial charge < -0.3 is 4.90 Å². The number of hydrogen-bond donors (Lipinski definition) is 1. The van der Waals surface area contributed by atoms with Crippen LogP contribution in [0.4, 0.5) is 4.39 Å². The number of aromatic nitrogens is 3. The van der Waals surface area contributed by atoms with Gasteiger partial charge in [-0.15, -0.1) is 11.3 Å². The number of amidine groups is 1. The third kappa shape index (κ3) is 4.31. The summed E-state index contributed by atoms with van der Waals surface area (Å²) in [6.45, 7) is 0.448. The van der Waals surface area contributed by atoms with E-state index < -0.39 is 21.9 Å². The predicted octanol–water partition coefficient (Wildman–Crippen LogP) is 4.54. The first kappa shape index (κ1) is 23.5. The second-order valence-corrected chi connectivity index (χ2v) is 13.3. The Balaban J connectivity index is 1.38. The molecular formula is C25H24ClFN6O2S2. The summed E-state index contributed by atoms with van der Waals surface area (Å²) < 4.78 is 44.6. The van der Waals surface area contributed by atoms with Crippen LogP contribution in [0.1, 0.15) is 60.3 Å². The van der Waals surface area contributed by atoms with Gasteiger partial charge in [0.1, 0.15) is 11.9 Å². The second kappa shape index (κ2) is 8.72. The lowest BCUT2D eigenvalue weighted by Crippen LogP contribution is -2.40. The zero-order valence-electron chi connectivity index (χ0n) is 19.7. The lowest BCUT2D eigenvalue weighted by molar-refractivity contribution is 0.517. The van der Waals surface area contributed by atoms with Gasteiger partial charge in [-0.2, -0.15) is 5.10 Å². The SMILES string of the molecule is O=S(=O)(N[C@H]1CC2=C(c3cnn(C4CC4)c3)[C@H](c3ccc(F)cc3Cl)N=C(c3nccs3)N2C1)C1CC1. The molecule has 192 valence electrons. The highest BCUT2D eigenvalue weighted by Crippen LogP contribution is 2.47. The molecule has 0 radical (unpaired) electrons. The number of benzene rings is 1. The number of sulfonamides is 1. The molecule has 12 heteroatoms. The van der Waals surface area contributed by atoms with E-state index in [2.05, 4.69) is 19.7 Å². The highest BCUT2D eigenvalue weighted by Gasteiger charge is 2.44. The topological polar surface area (TPSA) is 92.5 Å². The summed E-state index contributed by atoms with van der Waals surface area (Å²) in [6.07, 6.45) is 9.71. The van der Waals surface area contributed by atoms with E-state index in [-0.39, 0.29) is 16.3 Å². The van der Waals surface area contributed by atoms with Gasteiger partial charge in [-0.1, -0.05) is 17.7 Å². The summed E-state index contributed by atoms with van der Waals surface area (Å²) in [7, 11) is -3.37. The van der Waals surface area contributed by atoms with Crippen LogP contribution >= 0.6 is 22.9 Å². The molecule has 2 aliphatic carbocycles. The minimum Gasteiger partial charge on any atom is -0.326 e. The Morgan fingerprint density at radius 1 is 1.19 bits per heavy atom. The van der Waals surface area contributed by atoms with E-state index in [0.717, 1.165) is 34.7 Å². The predicted molar refractivity (Wildman–Crippen MR) is 140 cm³/mol. The third-order valence-corrected chi connectivity index (χ3v) is 10.4. The molecule has 1 saturated heterocycles. The standard InChI is InChI=1S/C25H24ClFN6O2S2/c26-20-9-15(27)1-6-19(20)23-22(14-11-29-33(12-14)17-2-3-17)21-10-16(31-37(34,35)18-4-5-18)13-32(21)24(30-23)25-28-7-8-36-25/h1,6-9,11-12,16-18,23,31H,2-5,10,13H2/t16-,23-/m0/s1. The van der Waals surface area contributed by atoms with Gasteiger partial charge in [0.15, 0.2) is 10.8 Å². The van der Waals surface area contributed by atoms with Crippen molar-refractivity contribution >= 4 is 44.4 Å². The monoisotopic (exact) mass is 558 g/mol. The molecule has 8 nitrogen and oxygen atoms in total. The van der Waals surface area contributed by atoms with E-state index in [0.29, 0.717) is 43.2 Å². The summed E-state index contributed by atoms with van der Waals surface area (Å²) in [4.78, 5) is 11.7. The molecule has 2 atom stereocenters. The Hall–Kier alpha value is -2.60. The van der Waals surface area contributed by atoms with Gasteiger partial charge in [-0.05, 0) is 43.4 Å². The first-order chi connectivity index (χ1) is 17.9. The Labute approximate surface area is 222 Å².